The van der Waals surface area contributed by atoms with Crippen LogP contribution in [0.3, 0.4) is 0 Å². The lowest BCUT2D eigenvalue weighted by atomic mass is 10.0. The molecule has 1 fully saturated rings. The van der Waals surface area contributed by atoms with Crippen LogP contribution >= 0.6 is 0 Å². The largest absolute Gasteiger partial charge is 0.393 e. The van der Waals surface area contributed by atoms with Gasteiger partial charge < -0.3 is 19.7 Å². The SMILES string of the molecule is OC[C@H](O)c1ccccc1C1OCCCO1. The van der Waals surface area contributed by atoms with Crippen molar-refractivity contribution >= 4 is 0 Å². The van der Waals surface area contributed by atoms with E-state index in [-0.39, 0.29) is 6.61 Å². The monoisotopic (exact) mass is 224 g/mol. The molecule has 0 bridgehead atoms. The number of hydrogen-bond donors (Lipinski definition) is 2. The number of ether oxygens (including phenoxy) is 2. The zero-order chi connectivity index (χ0) is 11.4. The Bertz CT molecular complexity index is 334. The summed E-state index contributed by atoms with van der Waals surface area (Å²) in [4.78, 5) is 0. The number of aliphatic hydroxyl groups excluding tert-OH is 2. The molecule has 2 N–H and O–H groups in total. The van der Waals surface area contributed by atoms with Crippen molar-refractivity contribution < 1.29 is 19.7 Å². The standard InChI is InChI=1S/C12H16O4/c13-8-11(14)9-4-1-2-5-10(9)12-15-6-3-7-16-12/h1-2,4-5,11-14H,3,6-8H2/t11-/m0/s1. The predicted octanol–water partition coefficient (Wildman–Crippen LogP) is 1.15. The zero-order valence-electron chi connectivity index (χ0n) is 9.00. The Labute approximate surface area is 94.4 Å². The average molecular weight is 224 g/mol. The fraction of sp³-hybridized carbons (Fsp3) is 0.500. The number of aliphatic hydroxyl groups is 2. The van der Waals surface area contributed by atoms with Crippen LogP contribution in [0.25, 0.3) is 0 Å². The highest BCUT2D eigenvalue weighted by Crippen LogP contribution is 2.29. The first-order valence-corrected chi connectivity index (χ1v) is 5.44. The number of benzene rings is 1. The molecule has 0 radical (unpaired) electrons. The van der Waals surface area contributed by atoms with Crippen LogP contribution in [0.15, 0.2) is 24.3 Å². The van der Waals surface area contributed by atoms with Crippen LogP contribution in [0.4, 0.5) is 0 Å². The molecule has 2 rings (SSSR count). The maximum Gasteiger partial charge on any atom is 0.184 e. The van der Waals surface area contributed by atoms with Crippen molar-refractivity contribution in [1.29, 1.82) is 0 Å². The molecule has 1 aliphatic rings. The molecule has 0 amide bonds. The normalized spacial score (nSPS) is 19.6. The zero-order valence-corrected chi connectivity index (χ0v) is 9.00. The van der Waals surface area contributed by atoms with E-state index in [0.29, 0.717) is 18.8 Å². The molecule has 1 aliphatic heterocycles. The molecule has 88 valence electrons. The molecule has 1 heterocycles. The van der Waals surface area contributed by atoms with E-state index in [9.17, 15) is 5.11 Å². The van der Waals surface area contributed by atoms with Gasteiger partial charge in [0.25, 0.3) is 0 Å². The minimum absolute atomic E-state index is 0.302. The Balaban J connectivity index is 2.24. The van der Waals surface area contributed by atoms with E-state index in [1.54, 1.807) is 6.07 Å². The van der Waals surface area contributed by atoms with E-state index in [4.69, 9.17) is 14.6 Å². The third kappa shape index (κ3) is 2.41. The van der Waals surface area contributed by atoms with Gasteiger partial charge >= 0.3 is 0 Å². The molecule has 1 saturated heterocycles. The van der Waals surface area contributed by atoms with Crippen molar-refractivity contribution in [3.05, 3.63) is 35.4 Å². The maximum atomic E-state index is 9.68. The van der Waals surface area contributed by atoms with E-state index < -0.39 is 12.4 Å². The van der Waals surface area contributed by atoms with Gasteiger partial charge in [-0.25, -0.2) is 0 Å². The van der Waals surface area contributed by atoms with E-state index in [0.717, 1.165) is 12.0 Å². The molecule has 4 nitrogen and oxygen atoms in total. The first kappa shape index (κ1) is 11.5. The minimum atomic E-state index is -0.884. The van der Waals surface area contributed by atoms with Gasteiger partial charge in [-0.1, -0.05) is 24.3 Å². The molecule has 1 atom stereocenters. The maximum absolute atomic E-state index is 9.68. The molecule has 1 aromatic rings. The fourth-order valence-corrected chi connectivity index (χ4v) is 1.79. The molecular weight excluding hydrogens is 208 g/mol. The number of rotatable bonds is 3. The smallest absolute Gasteiger partial charge is 0.184 e. The van der Waals surface area contributed by atoms with Crippen LogP contribution in [0.1, 0.15) is 29.9 Å². The van der Waals surface area contributed by atoms with Gasteiger partial charge in [0.2, 0.25) is 0 Å². The molecule has 0 aromatic heterocycles. The van der Waals surface area contributed by atoms with Gasteiger partial charge in [0.05, 0.1) is 19.8 Å². The summed E-state index contributed by atoms with van der Waals surface area (Å²) in [7, 11) is 0. The van der Waals surface area contributed by atoms with Gasteiger partial charge in [-0.05, 0) is 12.0 Å². The van der Waals surface area contributed by atoms with Gasteiger partial charge in [-0.3, -0.25) is 0 Å². The molecule has 1 aromatic carbocycles. The van der Waals surface area contributed by atoms with Crippen LogP contribution in [-0.4, -0.2) is 30.0 Å². The lowest BCUT2D eigenvalue weighted by molar-refractivity contribution is -0.183. The molecular formula is C12H16O4. The van der Waals surface area contributed by atoms with E-state index in [1.807, 2.05) is 18.2 Å². The topological polar surface area (TPSA) is 58.9 Å². The number of hydrogen-bond acceptors (Lipinski definition) is 4. The van der Waals surface area contributed by atoms with E-state index >= 15 is 0 Å². The molecule has 16 heavy (non-hydrogen) atoms. The first-order valence-electron chi connectivity index (χ1n) is 5.44. The summed E-state index contributed by atoms with van der Waals surface area (Å²) in [5.74, 6) is 0. The first-order chi connectivity index (χ1) is 7.83. The molecule has 0 unspecified atom stereocenters. The third-order valence-electron chi connectivity index (χ3n) is 2.61. The molecule has 0 saturated carbocycles. The fourth-order valence-electron chi connectivity index (χ4n) is 1.79. The van der Waals surface area contributed by atoms with Gasteiger partial charge in [-0.15, -0.1) is 0 Å². The quantitative estimate of drug-likeness (QED) is 0.808. The summed E-state index contributed by atoms with van der Waals surface area (Å²) in [6, 6.07) is 7.31. The van der Waals surface area contributed by atoms with Crippen molar-refractivity contribution in [2.75, 3.05) is 19.8 Å². The second-order valence-corrected chi connectivity index (χ2v) is 3.75. The van der Waals surface area contributed by atoms with Crippen molar-refractivity contribution in [2.45, 2.75) is 18.8 Å². The Morgan fingerprint density at radius 2 is 1.94 bits per heavy atom. The third-order valence-corrected chi connectivity index (χ3v) is 2.61. The Kier molecular flexibility index (Phi) is 3.90. The summed E-state index contributed by atoms with van der Waals surface area (Å²) in [6.45, 7) is 1.02. The van der Waals surface area contributed by atoms with E-state index in [1.165, 1.54) is 0 Å². The van der Waals surface area contributed by atoms with Crippen LogP contribution in [-0.2, 0) is 9.47 Å². The Morgan fingerprint density at radius 3 is 2.62 bits per heavy atom. The highest BCUT2D eigenvalue weighted by molar-refractivity contribution is 5.30. The van der Waals surface area contributed by atoms with Crippen LogP contribution in [0.2, 0.25) is 0 Å². The van der Waals surface area contributed by atoms with Crippen LogP contribution in [0, 0.1) is 0 Å². The highest BCUT2D eigenvalue weighted by atomic mass is 16.7. The van der Waals surface area contributed by atoms with Gasteiger partial charge in [0, 0.05) is 5.56 Å². The average Bonchev–Trinajstić information content (AvgIpc) is 2.39. The van der Waals surface area contributed by atoms with Gasteiger partial charge in [0.1, 0.15) is 6.10 Å². The van der Waals surface area contributed by atoms with Crippen molar-refractivity contribution in [1.82, 2.24) is 0 Å². The summed E-state index contributed by atoms with van der Waals surface area (Å²) < 4.78 is 11.0. The summed E-state index contributed by atoms with van der Waals surface area (Å²) >= 11 is 0. The Hall–Kier alpha value is -0.940. The lowest BCUT2D eigenvalue weighted by Crippen LogP contribution is -2.20. The second-order valence-electron chi connectivity index (χ2n) is 3.75. The van der Waals surface area contributed by atoms with Crippen molar-refractivity contribution in [2.24, 2.45) is 0 Å². The lowest BCUT2D eigenvalue weighted by Gasteiger charge is -2.26. The van der Waals surface area contributed by atoms with Gasteiger partial charge in [-0.2, -0.15) is 0 Å². The minimum Gasteiger partial charge on any atom is -0.393 e. The molecule has 0 spiro atoms. The summed E-state index contributed by atoms with van der Waals surface area (Å²) in [6.07, 6.45) is -0.419. The summed E-state index contributed by atoms with van der Waals surface area (Å²) in [5.41, 5.74) is 1.46. The van der Waals surface area contributed by atoms with Gasteiger partial charge in [0.15, 0.2) is 6.29 Å². The van der Waals surface area contributed by atoms with Crippen molar-refractivity contribution in [3.63, 3.8) is 0 Å². The highest BCUT2D eigenvalue weighted by Gasteiger charge is 2.21. The molecule has 0 aliphatic carbocycles. The van der Waals surface area contributed by atoms with Crippen LogP contribution in [0.5, 0.6) is 0 Å². The predicted molar refractivity (Wildman–Crippen MR) is 57.7 cm³/mol. The Morgan fingerprint density at radius 1 is 1.25 bits per heavy atom. The summed E-state index contributed by atoms with van der Waals surface area (Å²) in [5, 5.41) is 18.7. The van der Waals surface area contributed by atoms with Crippen molar-refractivity contribution in [3.8, 4) is 0 Å². The van der Waals surface area contributed by atoms with E-state index in [2.05, 4.69) is 0 Å². The van der Waals surface area contributed by atoms with Crippen LogP contribution < -0.4 is 0 Å². The second kappa shape index (κ2) is 5.41. The molecule has 4 heteroatoms.